The van der Waals surface area contributed by atoms with Crippen molar-refractivity contribution in [2.24, 2.45) is 0 Å². The lowest BCUT2D eigenvalue weighted by Crippen LogP contribution is -2.30. The summed E-state index contributed by atoms with van der Waals surface area (Å²) in [6.07, 6.45) is -0.143. The molecular formula is C20H17ClN2O5S2. The van der Waals surface area contributed by atoms with Crippen LogP contribution >= 0.6 is 22.9 Å². The van der Waals surface area contributed by atoms with Crippen molar-refractivity contribution in [3.8, 4) is 11.3 Å². The average Bonchev–Trinajstić information content (AvgIpc) is 3.16. The predicted octanol–water partition coefficient (Wildman–Crippen LogP) is 4.05. The molecule has 0 radical (unpaired) electrons. The van der Waals surface area contributed by atoms with Gasteiger partial charge in [0.25, 0.3) is 5.91 Å². The summed E-state index contributed by atoms with van der Waals surface area (Å²) in [7, 11) is -3.62. The molecule has 30 heavy (non-hydrogen) atoms. The van der Waals surface area contributed by atoms with Crippen molar-refractivity contribution in [3.05, 3.63) is 64.5 Å². The molecule has 0 bridgehead atoms. The van der Waals surface area contributed by atoms with Gasteiger partial charge >= 0.3 is 5.97 Å². The molecule has 0 fully saturated rings. The Balaban J connectivity index is 1.66. The summed E-state index contributed by atoms with van der Waals surface area (Å²) in [6.45, 7) is 1.41. The first-order valence-electron chi connectivity index (χ1n) is 8.67. The molecule has 0 saturated heterocycles. The predicted molar refractivity (Wildman–Crippen MR) is 116 cm³/mol. The molecule has 7 nitrogen and oxygen atoms in total. The first kappa shape index (κ1) is 21.9. The third-order valence-corrected chi connectivity index (χ3v) is 6.36. The summed E-state index contributed by atoms with van der Waals surface area (Å²) in [4.78, 5) is 28.9. The number of halogens is 1. The number of carbonyl (C=O) groups excluding carboxylic acids is 2. The monoisotopic (exact) mass is 464 g/mol. The van der Waals surface area contributed by atoms with E-state index in [1.165, 1.54) is 30.4 Å². The quantitative estimate of drug-likeness (QED) is 0.552. The maximum absolute atomic E-state index is 12.4. The number of anilines is 1. The summed E-state index contributed by atoms with van der Waals surface area (Å²) < 4.78 is 28.7. The van der Waals surface area contributed by atoms with Crippen molar-refractivity contribution in [2.45, 2.75) is 17.9 Å². The normalized spacial score (nSPS) is 12.2. The lowest BCUT2D eigenvalue weighted by molar-refractivity contribution is -0.123. The van der Waals surface area contributed by atoms with Crippen LogP contribution in [0.25, 0.3) is 11.3 Å². The van der Waals surface area contributed by atoms with Crippen LogP contribution in [0.5, 0.6) is 0 Å². The molecule has 3 aromatic rings. The first-order chi connectivity index (χ1) is 14.1. The summed E-state index contributed by atoms with van der Waals surface area (Å²) in [5.41, 5.74) is 1.60. The number of rotatable bonds is 6. The topological polar surface area (TPSA) is 102 Å². The zero-order valence-corrected chi connectivity index (χ0v) is 18.3. The second kappa shape index (κ2) is 8.95. The Bertz CT molecular complexity index is 1190. The minimum atomic E-state index is -3.62. The van der Waals surface area contributed by atoms with Gasteiger partial charge < -0.3 is 4.74 Å². The minimum Gasteiger partial charge on any atom is -0.449 e. The molecule has 2 aromatic carbocycles. The van der Waals surface area contributed by atoms with Crippen LogP contribution in [0.2, 0.25) is 5.02 Å². The van der Waals surface area contributed by atoms with E-state index in [0.717, 1.165) is 23.6 Å². The number of benzene rings is 2. The highest BCUT2D eigenvalue weighted by molar-refractivity contribution is 7.90. The van der Waals surface area contributed by atoms with Crippen molar-refractivity contribution in [1.82, 2.24) is 4.98 Å². The van der Waals surface area contributed by atoms with Gasteiger partial charge in [-0.05, 0) is 25.1 Å². The number of ether oxygens (including phenoxy) is 1. The lowest BCUT2D eigenvalue weighted by Gasteiger charge is -2.13. The molecule has 1 atom stereocenters. The van der Waals surface area contributed by atoms with Crippen LogP contribution in [0.1, 0.15) is 17.3 Å². The maximum Gasteiger partial charge on any atom is 0.338 e. The van der Waals surface area contributed by atoms with Crippen LogP contribution in [-0.4, -0.2) is 37.6 Å². The van der Waals surface area contributed by atoms with Gasteiger partial charge in [-0.1, -0.05) is 41.9 Å². The fraction of sp³-hybridized carbons (Fsp3) is 0.150. The van der Waals surface area contributed by atoms with Crippen LogP contribution in [0, 0.1) is 0 Å². The number of aromatic nitrogens is 1. The lowest BCUT2D eigenvalue weighted by atomic mass is 10.2. The summed E-state index contributed by atoms with van der Waals surface area (Å²) in [5.74, 6) is -1.40. The van der Waals surface area contributed by atoms with Crippen LogP contribution < -0.4 is 5.32 Å². The van der Waals surface area contributed by atoms with E-state index in [2.05, 4.69) is 10.3 Å². The average molecular weight is 465 g/mol. The van der Waals surface area contributed by atoms with Gasteiger partial charge in [0.15, 0.2) is 21.1 Å². The van der Waals surface area contributed by atoms with Crippen molar-refractivity contribution in [2.75, 3.05) is 11.6 Å². The molecule has 156 valence electrons. The van der Waals surface area contributed by atoms with Gasteiger partial charge in [0.2, 0.25) is 0 Å². The maximum atomic E-state index is 12.4. The highest BCUT2D eigenvalue weighted by Gasteiger charge is 2.22. The van der Waals surface area contributed by atoms with Gasteiger partial charge in [-0.2, -0.15) is 0 Å². The molecule has 0 aliphatic heterocycles. The van der Waals surface area contributed by atoms with E-state index in [4.69, 9.17) is 16.3 Å². The van der Waals surface area contributed by atoms with Crippen LogP contribution in [0.4, 0.5) is 5.13 Å². The SMILES string of the molecule is CC(OC(=O)c1ccc(Cl)c(S(C)(=O)=O)c1)C(=O)Nc1nc(-c2ccccc2)cs1. The Morgan fingerprint density at radius 3 is 2.53 bits per heavy atom. The molecule has 1 aromatic heterocycles. The third kappa shape index (κ3) is 5.24. The van der Waals surface area contributed by atoms with Crippen molar-refractivity contribution in [3.63, 3.8) is 0 Å². The van der Waals surface area contributed by atoms with Gasteiger partial charge in [0.1, 0.15) is 0 Å². The van der Waals surface area contributed by atoms with E-state index in [1.807, 2.05) is 35.7 Å². The zero-order valence-electron chi connectivity index (χ0n) is 16.0. The fourth-order valence-electron chi connectivity index (χ4n) is 2.48. The van der Waals surface area contributed by atoms with E-state index in [1.54, 1.807) is 0 Å². The Kier molecular flexibility index (Phi) is 6.55. The molecule has 1 N–H and O–H groups in total. The van der Waals surface area contributed by atoms with Gasteiger partial charge in [-0.15, -0.1) is 11.3 Å². The molecule has 0 aliphatic rings. The van der Waals surface area contributed by atoms with Crippen molar-refractivity contribution in [1.29, 1.82) is 0 Å². The van der Waals surface area contributed by atoms with Crippen LogP contribution in [0.15, 0.2) is 58.8 Å². The van der Waals surface area contributed by atoms with E-state index in [-0.39, 0.29) is 15.5 Å². The molecular weight excluding hydrogens is 448 g/mol. The van der Waals surface area contributed by atoms with Gasteiger partial charge in [0, 0.05) is 17.2 Å². The van der Waals surface area contributed by atoms with Gasteiger partial charge in [0.05, 0.1) is 21.2 Å². The molecule has 0 saturated carbocycles. The molecule has 1 unspecified atom stereocenters. The highest BCUT2D eigenvalue weighted by atomic mass is 35.5. The number of amides is 1. The van der Waals surface area contributed by atoms with Crippen molar-refractivity contribution >= 4 is 49.8 Å². The second-order valence-corrected chi connectivity index (χ2v) is 9.61. The number of hydrogen-bond donors (Lipinski definition) is 1. The van der Waals surface area contributed by atoms with E-state index in [0.29, 0.717) is 5.13 Å². The summed E-state index contributed by atoms with van der Waals surface area (Å²) >= 11 is 7.12. The number of nitrogens with zero attached hydrogens (tertiary/aromatic N) is 1. The highest BCUT2D eigenvalue weighted by Crippen LogP contribution is 2.25. The second-order valence-electron chi connectivity index (χ2n) is 6.36. The van der Waals surface area contributed by atoms with Gasteiger partial charge in [-0.3, -0.25) is 10.1 Å². The van der Waals surface area contributed by atoms with Crippen molar-refractivity contribution < 1.29 is 22.7 Å². The fourth-order valence-corrected chi connectivity index (χ4v) is 4.50. The molecule has 3 rings (SSSR count). The molecule has 0 spiro atoms. The molecule has 1 heterocycles. The number of esters is 1. The smallest absolute Gasteiger partial charge is 0.338 e. The van der Waals surface area contributed by atoms with E-state index < -0.39 is 27.8 Å². The summed E-state index contributed by atoms with van der Waals surface area (Å²) in [5, 5.41) is 4.78. The Morgan fingerprint density at radius 2 is 1.87 bits per heavy atom. The van der Waals surface area contributed by atoms with Crippen LogP contribution in [-0.2, 0) is 19.4 Å². The Hall–Kier alpha value is -2.75. The van der Waals surface area contributed by atoms with E-state index >= 15 is 0 Å². The zero-order chi connectivity index (χ0) is 21.9. The number of carbonyl (C=O) groups is 2. The number of thiazole rings is 1. The van der Waals surface area contributed by atoms with E-state index in [9.17, 15) is 18.0 Å². The molecule has 0 aliphatic carbocycles. The first-order valence-corrected chi connectivity index (χ1v) is 11.8. The third-order valence-electron chi connectivity index (χ3n) is 4.02. The Morgan fingerprint density at radius 1 is 1.17 bits per heavy atom. The number of sulfone groups is 1. The largest absolute Gasteiger partial charge is 0.449 e. The number of nitrogens with one attached hydrogen (secondary N) is 1. The Labute approximate surface area is 182 Å². The van der Waals surface area contributed by atoms with Crippen LogP contribution in [0.3, 0.4) is 0 Å². The summed E-state index contributed by atoms with van der Waals surface area (Å²) in [6, 6.07) is 13.2. The minimum absolute atomic E-state index is 0.00201. The van der Waals surface area contributed by atoms with Gasteiger partial charge in [-0.25, -0.2) is 18.2 Å². The standard InChI is InChI=1S/C20H17ClN2O5S2/c1-12(28-19(25)14-8-9-15(21)17(10-14)30(2,26)27)18(24)23-20-22-16(11-29-20)13-6-4-3-5-7-13/h3-12H,1-2H3,(H,22,23,24). The number of hydrogen-bond acceptors (Lipinski definition) is 7. The molecule has 10 heteroatoms. The molecule has 1 amide bonds.